The number of hydrogen-bond acceptors (Lipinski definition) is 4. The van der Waals surface area contributed by atoms with Gasteiger partial charge >= 0.3 is 5.97 Å². The average molecular weight is 267 g/mol. The minimum Gasteiger partial charge on any atom is -0.493 e. The number of hydrogen-bond donors (Lipinski definition) is 3. The van der Waals surface area contributed by atoms with Gasteiger partial charge in [0.25, 0.3) is 0 Å². The van der Waals surface area contributed by atoms with Crippen molar-refractivity contribution in [3.8, 4) is 5.75 Å². The minimum absolute atomic E-state index is 0.0593. The number of rotatable bonds is 8. The zero-order valence-corrected chi connectivity index (χ0v) is 11.3. The number of aliphatic hydroxyl groups is 1. The third-order valence-corrected chi connectivity index (χ3v) is 3.24. The molecule has 0 spiro atoms. The van der Waals surface area contributed by atoms with Crippen LogP contribution in [0.4, 0.5) is 0 Å². The summed E-state index contributed by atoms with van der Waals surface area (Å²) in [6.45, 7) is 1.98. The van der Waals surface area contributed by atoms with Crippen LogP contribution in [-0.2, 0) is 11.2 Å². The van der Waals surface area contributed by atoms with Crippen molar-refractivity contribution in [2.24, 2.45) is 0 Å². The highest BCUT2D eigenvalue weighted by Gasteiger charge is 2.30. The third kappa shape index (κ3) is 4.22. The molecule has 0 aliphatic heterocycles. The number of aliphatic hydroxyl groups excluding tert-OH is 1. The van der Waals surface area contributed by atoms with Crippen molar-refractivity contribution in [3.05, 3.63) is 29.8 Å². The molecule has 19 heavy (non-hydrogen) atoms. The van der Waals surface area contributed by atoms with Crippen LogP contribution in [0.3, 0.4) is 0 Å². The van der Waals surface area contributed by atoms with E-state index in [0.29, 0.717) is 25.2 Å². The topological polar surface area (TPSA) is 78.8 Å². The fraction of sp³-hybridized carbons (Fsp3) is 0.500. The molecule has 0 aliphatic carbocycles. The van der Waals surface area contributed by atoms with E-state index in [9.17, 15) is 4.79 Å². The van der Waals surface area contributed by atoms with Crippen molar-refractivity contribution in [1.82, 2.24) is 5.32 Å². The van der Waals surface area contributed by atoms with E-state index in [-0.39, 0.29) is 6.61 Å². The van der Waals surface area contributed by atoms with Crippen LogP contribution < -0.4 is 10.1 Å². The van der Waals surface area contributed by atoms with Gasteiger partial charge in [0.2, 0.25) is 0 Å². The van der Waals surface area contributed by atoms with E-state index in [0.717, 1.165) is 5.56 Å². The second kappa shape index (κ2) is 7.11. The van der Waals surface area contributed by atoms with Gasteiger partial charge in [-0.05, 0) is 32.0 Å². The molecule has 0 aromatic heterocycles. The van der Waals surface area contributed by atoms with Gasteiger partial charge < -0.3 is 20.3 Å². The van der Waals surface area contributed by atoms with Crippen molar-refractivity contribution in [1.29, 1.82) is 0 Å². The van der Waals surface area contributed by atoms with Crippen molar-refractivity contribution in [2.75, 3.05) is 20.3 Å². The summed E-state index contributed by atoms with van der Waals surface area (Å²) in [4.78, 5) is 11.1. The van der Waals surface area contributed by atoms with Crippen LogP contribution in [0.25, 0.3) is 0 Å². The van der Waals surface area contributed by atoms with Crippen LogP contribution in [0.5, 0.6) is 5.75 Å². The zero-order chi connectivity index (χ0) is 14.3. The predicted molar refractivity (Wildman–Crippen MR) is 72.4 cm³/mol. The molecule has 0 amide bonds. The Morgan fingerprint density at radius 1 is 1.42 bits per heavy atom. The lowest BCUT2D eigenvalue weighted by atomic mass is 9.99. The summed E-state index contributed by atoms with van der Waals surface area (Å²) >= 11 is 0. The molecule has 0 saturated heterocycles. The van der Waals surface area contributed by atoms with Crippen molar-refractivity contribution in [2.45, 2.75) is 25.3 Å². The lowest BCUT2D eigenvalue weighted by molar-refractivity contribution is -0.144. The molecule has 0 heterocycles. The van der Waals surface area contributed by atoms with Crippen molar-refractivity contribution >= 4 is 5.97 Å². The maximum absolute atomic E-state index is 11.1. The van der Waals surface area contributed by atoms with Gasteiger partial charge in [-0.2, -0.15) is 0 Å². The lowest BCUT2D eigenvalue weighted by Gasteiger charge is -2.24. The summed E-state index contributed by atoms with van der Waals surface area (Å²) in [6.07, 6.45) is 0.880. The molecule has 1 rings (SSSR count). The highest BCUT2D eigenvalue weighted by molar-refractivity contribution is 5.78. The molecule has 0 saturated carbocycles. The Kier molecular flexibility index (Phi) is 5.79. The molecule has 5 nitrogen and oxygen atoms in total. The number of nitrogens with one attached hydrogen (secondary N) is 1. The SMILES string of the molecule is CNC(C)(CCOc1ccccc1CCO)C(=O)O. The molecule has 0 bridgehead atoms. The molecule has 1 aromatic carbocycles. The fourth-order valence-electron chi connectivity index (χ4n) is 1.68. The summed E-state index contributed by atoms with van der Waals surface area (Å²) in [5, 5.41) is 20.9. The average Bonchev–Trinajstić information content (AvgIpc) is 2.40. The maximum atomic E-state index is 11.1. The summed E-state index contributed by atoms with van der Waals surface area (Å²) in [6, 6.07) is 7.44. The zero-order valence-electron chi connectivity index (χ0n) is 11.3. The van der Waals surface area contributed by atoms with Crippen molar-refractivity contribution < 1.29 is 19.7 Å². The number of carboxylic acid groups (broad SMARTS) is 1. The van der Waals surface area contributed by atoms with E-state index < -0.39 is 11.5 Å². The first-order valence-electron chi connectivity index (χ1n) is 6.27. The van der Waals surface area contributed by atoms with Crippen LogP contribution in [0.15, 0.2) is 24.3 Å². The van der Waals surface area contributed by atoms with E-state index in [2.05, 4.69) is 5.32 Å². The standard InChI is InChI=1S/C14H21NO4/c1-14(15-2,13(17)18)8-10-19-12-6-4-3-5-11(12)7-9-16/h3-6,15-16H,7-10H2,1-2H3,(H,17,18). The summed E-state index contributed by atoms with van der Waals surface area (Å²) in [5.41, 5.74) is -0.0715. The second-order valence-corrected chi connectivity index (χ2v) is 4.57. The molecule has 0 fully saturated rings. The number of likely N-dealkylation sites (N-methyl/N-ethyl adjacent to an activating group) is 1. The minimum atomic E-state index is -0.994. The fourth-order valence-corrected chi connectivity index (χ4v) is 1.68. The Morgan fingerprint density at radius 2 is 2.11 bits per heavy atom. The first-order chi connectivity index (χ1) is 9.03. The van der Waals surface area contributed by atoms with Crippen LogP contribution in [-0.4, -0.2) is 42.0 Å². The monoisotopic (exact) mass is 267 g/mol. The third-order valence-electron chi connectivity index (χ3n) is 3.24. The normalized spacial score (nSPS) is 13.8. The van der Waals surface area contributed by atoms with Gasteiger partial charge in [0.15, 0.2) is 0 Å². The highest BCUT2D eigenvalue weighted by atomic mass is 16.5. The molecule has 5 heteroatoms. The van der Waals surface area contributed by atoms with E-state index in [1.165, 1.54) is 0 Å². The maximum Gasteiger partial charge on any atom is 0.323 e. The number of benzene rings is 1. The molecule has 106 valence electrons. The molecule has 0 radical (unpaired) electrons. The largest absolute Gasteiger partial charge is 0.493 e. The van der Waals surface area contributed by atoms with Gasteiger partial charge in [-0.25, -0.2) is 0 Å². The van der Waals surface area contributed by atoms with Gasteiger partial charge in [0.05, 0.1) is 6.61 Å². The number of ether oxygens (including phenoxy) is 1. The van der Waals surface area contributed by atoms with E-state index in [1.54, 1.807) is 14.0 Å². The summed E-state index contributed by atoms with van der Waals surface area (Å²) < 4.78 is 5.62. The lowest BCUT2D eigenvalue weighted by Crippen LogP contribution is -2.48. The number of aliphatic carboxylic acids is 1. The predicted octanol–water partition coefficient (Wildman–Crippen LogP) is 1.05. The Morgan fingerprint density at radius 3 is 2.68 bits per heavy atom. The first-order valence-corrected chi connectivity index (χ1v) is 6.27. The smallest absolute Gasteiger partial charge is 0.323 e. The Hall–Kier alpha value is -1.59. The number of carboxylic acids is 1. The van der Waals surface area contributed by atoms with Gasteiger partial charge in [-0.3, -0.25) is 4.79 Å². The van der Waals surface area contributed by atoms with Gasteiger partial charge in [-0.15, -0.1) is 0 Å². The van der Waals surface area contributed by atoms with E-state index in [1.807, 2.05) is 24.3 Å². The highest BCUT2D eigenvalue weighted by Crippen LogP contribution is 2.19. The molecule has 0 aliphatic rings. The van der Waals surface area contributed by atoms with Crippen molar-refractivity contribution in [3.63, 3.8) is 0 Å². The van der Waals surface area contributed by atoms with Crippen LogP contribution in [0.1, 0.15) is 18.9 Å². The quantitative estimate of drug-likeness (QED) is 0.656. The Labute approximate surface area is 113 Å². The molecule has 1 unspecified atom stereocenters. The van der Waals surface area contributed by atoms with Crippen LogP contribution in [0, 0.1) is 0 Å². The van der Waals surface area contributed by atoms with Crippen LogP contribution in [0.2, 0.25) is 0 Å². The molecule has 1 atom stereocenters. The van der Waals surface area contributed by atoms with Crippen LogP contribution >= 0.6 is 0 Å². The summed E-state index contributed by atoms with van der Waals surface area (Å²) in [5.74, 6) is -0.206. The Balaban J connectivity index is 2.60. The van der Waals surface area contributed by atoms with Gasteiger partial charge in [0.1, 0.15) is 11.3 Å². The second-order valence-electron chi connectivity index (χ2n) is 4.57. The molecular formula is C14H21NO4. The Bertz CT molecular complexity index is 422. The summed E-state index contributed by atoms with van der Waals surface area (Å²) in [7, 11) is 1.62. The number of carbonyl (C=O) groups is 1. The molecular weight excluding hydrogens is 246 g/mol. The van der Waals surface area contributed by atoms with Gasteiger partial charge in [-0.1, -0.05) is 18.2 Å². The molecule has 1 aromatic rings. The molecule has 3 N–H and O–H groups in total. The van der Waals surface area contributed by atoms with E-state index >= 15 is 0 Å². The van der Waals surface area contributed by atoms with Gasteiger partial charge in [0, 0.05) is 13.0 Å². The number of para-hydroxylation sites is 1. The first kappa shape index (κ1) is 15.5. The van der Waals surface area contributed by atoms with E-state index in [4.69, 9.17) is 14.9 Å².